The van der Waals surface area contributed by atoms with E-state index in [4.69, 9.17) is 15.7 Å². The molecule has 0 saturated carbocycles. The van der Waals surface area contributed by atoms with Crippen LogP contribution in [0.2, 0.25) is 0 Å². The van der Waals surface area contributed by atoms with Crippen LogP contribution in [0.25, 0.3) is 0 Å². The molecule has 1 atom stereocenters. The molecule has 0 aliphatic carbocycles. The van der Waals surface area contributed by atoms with Crippen LogP contribution in [-0.2, 0) is 6.42 Å². The lowest BCUT2D eigenvalue weighted by Gasteiger charge is -2.07. The van der Waals surface area contributed by atoms with Gasteiger partial charge in [0.25, 0.3) is 0 Å². The number of rotatable bonds is 4. The summed E-state index contributed by atoms with van der Waals surface area (Å²) in [5, 5.41) is 8.59. The highest BCUT2D eigenvalue weighted by Crippen LogP contribution is 2.21. The van der Waals surface area contributed by atoms with Crippen molar-refractivity contribution in [3.63, 3.8) is 0 Å². The summed E-state index contributed by atoms with van der Waals surface area (Å²) in [6.07, 6.45) is 2.12. The number of hydrogen-bond donors (Lipinski definition) is 1. The molecule has 1 aromatic carbocycles. The molecule has 0 bridgehead atoms. The van der Waals surface area contributed by atoms with Crippen LogP contribution in [0, 0.1) is 11.3 Å². The Morgan fingerprint density at radius 2 is 2.00 bits per heavy atom. The summed E-state index contributed by atoms with van der Waals surface area (Å²) in [4.78, 5) is 4.20. The monoisotopic (exact) mass is 253 g/mol. The fourth-order valence-corrected chi connectivity index (χ4v) is 1.61. The van der Waals surface area contributed by atoms with Crippen LogP contribution < -0.4 is 10.5 Å². The SMILES string of the molecule is C[C@@H](N)c1ccc(Oc2ccc(CC#N)cc2)nc1. The lowest BCUT2D eigenvalue weighted by molar-refractivity contribution is 0.462. The van der Waals surface area contributed by atoms with Gasteiger partial charge in [-0.1, -0.05) is 18.2 Å². The minimum atomic E-state index is -0.0354. The van der Waals surface area contributed by atoms with Gasteiger partial charge in [0, 0.05) is 18.3 Å². The normalized spacial score (nSPS) is 11.6. The second-order valence-electron chi connectivity index (χ2n) is 4.30. The average Bonchev–Trinajstić information content (AvgIpc) is 2.42. The van der Waals surface area contributed by atoms with Gasteiger partial charge in [0.15, 0.2) is 0 Å². The standard InChI is InChI=1S/C15H15N3O/c1-11(17)13-4-7-15(18-10-13)19-14-5-2-12(3-6-14)8-9-16/h2-7,10-11H,8,17H2,1H3/t11-/m1/s1. The maximum Gasteiger partial charge on any atom is 0.219 e. The van der Waals surface area contributed by atoms with Gasteiger partial charge in [-0.25, -0.2) is 4.98 Å². The molecule has 0 aliphatic heterocycles. The molecular weight excluding hydrogens is 238 g/mol. The molecule has 19 heavy (non-hydrogen) atoms. The zero-order valence-corrected chi connectivity index (χ0v) is 10.7. The quantitative estimate of drug-likeness (QED) is 0.909. The average molecular weight is 253 g/mol. The number of nitrogens with two attached hydrogens (primary N) is 1. The molecule has 0 radical (unpaired) electrons. The second-order valence-corrected chi connectivity index (χ2v) is 4.30. The van der Waals surface area contributed by atoms with Crippen molar-refractivity contribution >= 4 is 0 Å². The van der Waals surface area contributed by atoms with E-state index in [1.165, 1.54) is 0 Å². The Morgan fingerprint density at radius 3 is 2.53 bits per heavy atom. The van der Waals surface area contributed by atoms with E-state index < -0.39 is 0 Å². The molecule has 2 aromatic rings. The number of nitrogens with zero attached hydrogens (tertiary/aromatic N) is 2. The van der Waals surface area contributed by atoms with E-state index in [0.29, 0.717) is 18.1 Å². The molecule has 96 valence electrons. The molecular formula is C15H15N3O. The van der Waals surface area contributed by atoms with Crippen molar-refractivity contribution in [2.75, 3.05) is 0 Å². The maximum atomic E-state index is 8.59. The number of hydrogen-bond acceptors (Lipinski definition) is 4. The highest BCUT2D eigenvalue weighted by molar-refractivity contribution is 5.32. The molecule has 0 aliphatic rings. The van der Waals surface area contributed by atoms with Crippen molar-refractivity contribution in [3.8, 4) is 17.7 Å². The first-order valence-electron chi connectivity index (χ1n) is 6.04. The Hall–Kier alpha value is -2.38. The Morgan fingerprint density at radius 1 is 1.26 bits per heavy atom. The summed E-state index contributed by atoms with van der Waals surface area (Å²) in [5.41, 5.74) is 7.69. The number of aromatic nitrogens is 1. The van der Waals surface area contributed by atoms with Crippen molar-refractivity contribution in [1.82, 2.24) is 4.98 Å². The van der Waals surface area contributed by atoms with Crippen molar-refractivity contribution in [3.05, 3.63) is 53.7 Å². The molecule has 0 fully saturated rings. The number of ether oxygens (including phenoxy) is 1. The third-order valence-corrected chi connectivity index (χ3v) is 2.71. The lowest BCUT2D eigenvalue weighted by atomic mass is 10.1. The van der Waals surface area contributed by atoms with E-state index in [2.05, 4.69) is 11.1 Å². The van der Waals surface area contributed by atoms with Gasteiger partial charge < -0.3 is 10.5 Å². The minimum Gasteiger partial charge on any atom is -0.439 e. The Labute approximate surface area is 112 Å². The smallest absolute Gasteiger partial charge is 0.219 e. The maximum absolute atomic E-state index is 8.59. The largest absolute Gasteiger partial charge is 0.439 e. The van der Waals surface area contributed by atoms with Crippen LogP contribution in [0.4, 0.5) is 0 Å². The Kier molecular flexibility index (Phi) is 4.11. The van der Waals surface area contributed by atoms with E-state index in [-0.39, 0.29) is 6.04 Å². The summed E-state index contributed by atoms with van der Waals surface area (Å²) < 4.78 is 5.61. The predicted molar refractivity (Wildman–Crippen MR) is 72.7 cm³/mol. The fraction of sp³-hybridized carbons (Fsp3) is 0.200. The van der Waals surface area contributed by atoms with Crippen LogP contribution in [0.1, 0.15) is 24.1 Å². The summed E-state index contributed by atoms with van der Waals surface area (Å²) in [7, 11) is 0. The van der Waals surface area contributed by atoms with Crippen molar-refractivity contribution in [2.45, 2.75) is 19.4 Å². The molecule has 0 unspecified atom stereocenters. The third-order valence-electron chi connectivity index (χ3n) is 2.71. The minimum absolute atomic E-state index is 0.0354. The molecule has 0 saturated heterocycles. The first kappa shape index (κ1) is 13.1. The zero-order valence-electron chi connectivity index (χ0n) is 10.7. The Balaban J connectivity index is 2.06. The van der Waals surface area contributed by atoms with Crippen molar-refractivity contribution in [1.29, 1.82) is 5.26 Å². The predicted octanol–water partition coefficient (Wildman–Crippen LogP) is 2.96. The summed E-state index contributed by atoms with van der Waals surface area (Å²) in [6, 6.07) is 13.2. The van der Waals surface area contributed by atoms with Gasteiger partial charge in [-0.15, -0.1) is 0 Å². The van der Waals surface area contributed by atoms with Crippen LogP contribution in [0.3, 0.4) is 0 Å². The molecule has 4 heteroatoms. The van der Waals surface area contributed by atoms with E-state index in [9.17, 15) is 0 Å². The van der Waals surface area contributed by atoms with Gasteiger partial charge >= 0.3 is 0 Å². The molecule has 4 nitrogen and oxygen atoms in total. The van der Waals surface area contributed by atoms with E-state index in [1.54, 1.807) is 12.3 Å². The van der Waals surface area contributed by atoms with Crippen LogP contribution >= 0.6 is 0 Å². The summed E-state index contributed by atoms with van der Waals surface area (Å²) >= 11 is 0. The molecule has 2 N–H and O–H groups in total. The summed E-state index contributed by atoms with van der Waals surface area (Å²) in [6.45, 7) is 1.91. The number of benzene rings is 1. The highest BCUT2D eigenvalue weighted by Gasteiger charge is 2.02. The molecule has 2 rings (SSSR count). The fourth-order valence-electron chi connectivity index (χ4n) is 1.61. The highest BCUT2D eigenvalue weighted by atomic mass is 16.5. The van der Waals surface area contributed by atoms with Gasteiger partial charge in [0.2, 0.25) is 5.88 Å². The van der Waals surface area contributed by atoms with Crippen LogP contribution in [0.5, 0.6) is 11.6 Å². The summed E-state index contributed by atoms with van der Waals surface area (Å²) in [5.74, 6) is 1.22. The number of pyridine rings is 1. The molecule has 1 aromatic heterocycles. The van der Waals surface area contributed by atoms with Gasteiger partial charge in [-0.3, -0.25) is 0 Å². The van der Waals surface area contributed by atoms with Gasteiger partial charge in [-0.2, -0.15) is 5.26 Å². The first-order valence-corrected chi connectivity index (χ1v) is 6.04. The Bertz CT molecular complexity index is 568. The molecule has 0 spiro atoms. The van der Waals surface area contributed by atoms with Gasteiger partial charge in [-0.05, 0) is 30.2 Å². The van der Waals surface area contributed by atoms with Gasteiger partial charge in [0.1, 0.15) is 5.75 Å². The molecule has 0 amide bonds. The van der Waals surface area contributed by atoms with Crippen LogP contribution in [0.15, 0.2) is 42.6 Å². The van der Waals surface area contributed by atoms with Crippen molar-refractivity contribution in [2.24, 2.45) is 5.73 Å². The van der Waals surface area contributed by atoms with E-state index in [1.807, 2.05) is 37.3 Å². The van der Waals surface area contributed by atoms with E-state index >= 15 is 0 Å². The van der Waals surface area contributed by atoms with Crippen LogP contribution in [-0.4, -0.2) is 4.98 Å². The third kappa shape index (κ3) is 3.54. The van der Waals surface area contributed by atoms with Crippen molar-refractivity contribution < 1.29 is 4.74 Å². The zero-order chi connectivity index (χ0) is 13.7. The van der Waals surface area contributed by atoms with E-state index in [0.717, 1.165) is 11.1 Å². The topological polar surface area (TPSA) is 71.9 Å². The molecule has 1 heterocycles. The first-order chi connectivity index (χ1) is 9.19. The lowest BCUT2D eigenvalue weighted by Crippen LogP contribution is -2.05. The number of nitriles is 1. The van der Waals surface area contributed by atoms with Gasteiger partial charge in [0.05, 0.1) is 12.5 Å². The second kappa shape index (κ2) is 5.98.